The maximum absolute atomic E-state index is 13.5. The number of rotatable bonds is 6. The Morgan fingerprint density at radius 2 is 2.00 bits per heavy atom. The molecule has 0 aliphatic rings. The predicted octanol–water partition coefficient (Wildman–Crippen LogP) is 2.38. The van der Waals surface area contributed by atoms with Gasteiger partial charge in [0.05, 0.1) is 0 Å². The fraction of sp³-hybridized carbons (Fsp3) is 0.538. The number of nitrogens with zero attached hydrogens (tertiary/aromatic N) is 1. The van der Waals surface area contributed by atoms with E-state index in [1.165, 1.54) is 6.07 Å². The van der Waals surface area contributed by atoms with Gasteiger partial charge in [-0.1, -0.05) is 26.0 Å². The summed E-state index contributed by atoms with van der Waals surface area (Å²) in [6, 6.07) is 4.28. The van der Waals surface area contributed by atoms with E-state index in [2.05, 4.69) is 13.8 Å². The average Bonchev–Trinajstić information content (AvgIpc) is 2.24. The third kappa shape index (κ3) is 4.40. The fourth-order valence-electron chi connectivity index (χ4n) is 1.85. The molecule has 0 spiro atoms. The van der Waals surface area contributed by atoms with Gasteiger partial charge in [-0.3, -0.25) is 4.90 Å². The van der Waals surface area contributed by atoms with Crippen molar-refractivity contribution < 1.29 is 8.78 Å². The van der Waals surface area contributed by atoms with Crippen LogP contribution in [0.4, 0.5) is 8.78 Å². The monoisotopic (exact) mass is 242 g/mol. The maximum Gasteiger partial charge on any atom is 0.163 e. The van der Waals surface area contributed by atoms with Crippen molar-refractivity contribution >= 4 is 0 Å². The lowest BCUT2D eigenvalue weighted by Gasteiger charge is -2.23. The minimum absolute atomic E-state index is 0.388. The summed E-state index contributed by atoms with van der Waals surface area (Å²) in [5.74, 6) is -1.07. The molecule has 0 unspecified atom stereocenters. The zero-order chi connectivity index (χ0) is 12.8. The fourth-order valence-corrected chi connectivity index (χ4v) is 1.85. The van der Waals surface area contributed by atoms with Gasteiger partial charge in [-0.05, 0) is 12.0 Å². The zero-order valence-electron chi connectivity index (χ0n) is 10.4. The summed E-state index contributed by atoms with van der Waals surface area (Å²) in [5, 5.41) is 0. The molecule has 2 nitrogen and oxygen atoms in total. The molecule has 0 saturated carbocycles. The topological polar surface area (TPSA) is 29.3 Å². The second-order valence-electron chi connectivity index (χ2n) is 4.63. The highest BCUT2D eigenvalue weighted by Gasteiger charge is 2.12. The van der Waals surface area contributed by atoms with Gasteiger partial charge in [0.25, 0.3) is 0 Å². The van der Waals surface area contributed by atoms with E-state index in [9.17, 15) is 8.78 Å². The standard InChI is InChI=1S/C13H20F2N2/c1-10(2)8-17(7-6-16)9-11-4-3-5-12(14)13(11)15/h3-5,10H,6-9,16H2,1-2H3. The van der Waals surface area contributed by atoms with Gasteiger partial charge >= 0.3 is 0 Å². The number of hydrogen-bond acceptors (Lipinski definition) is 2. The first-order chi connectivity index (χ1) is 8.04. The van der Waals surface area contributed by atoms with Crippen LogP contribution in [0.2, 0.25) is 0 Å². The predicted molar refractivity (Wildman–Crippen MR) is 65.5 cm³/mol. The van der Waals surface area contributed by atoms with E-state index < -0.39 is 11.6 Å². The highest BCUT2D eigenvalue weighted by Crippen LogP contribution is 2.14. The van der Waals surface area contributed by atoms with Crippen LogP contribution in [-0.2, 0) is 6.54 Å². The molecular weight excluding hydrogens is 222 g/mol. The molecule has 0 heterocycles. The van der Waals surface area contributed by atoms with Crippen LogP contribution in [0, 0.1) is 17.6 Å². The van der Waals surface area contributed by atoms with Gasteiger partial charge in [-0.15, -0.1) is 0 Å². The van der Waals surface area contributed by atoms with Crippen LogP contribution in [-0.4, -0.2) is 24.5 Å². The molecule has 0 saturated heterocycles. The minimum Gasteiger partial charge on any atom is -0.329 e. The number of halogens is 2. The molecule has 0 atom stereocenters. The third-order valence-electron chi connectivity index (χ3n) is 2.49. The SMILES string of the molecule is CC(C)CN(CCN)Cc1cccc(F)c1F. The first-order valence-corrected chi connectivity index (χ1v) is 5.90. The summed E-state index contributed by atoms with van der Waals surface area (Å²) in [5.41, 5.74) is 5.91. The third-order valence-corrected chi connectivity index (χ3v) is 2.49. The van der Waals surface area contributed by atoms with Crippen molar-refractivity contribution in [1.29, 1.82) is 0 Å². The summed E-state index contributed by atoms with van der Waals surface area (Å²) >= 11 is 0. The van der Waals surface area contributed by atoms with Crippen LogP contribution in [0.3, 0.4) is 0 Å². The van der Waals surface area contributed by atoms with Crippen LogP contribution in [0.15, 0.2) is 18.2 Å². The summed E-state index contributed by atoms with van der Waals surface area (Å²) in [4.78, 5) is 2.04. The molecule has 4 heteroatoms. The Balaban J connectivity index is 2.74. The normalized spacial score (nSPS) is 11.5. The van der Waals surface area contributed by atoms with Crippen molar-refractivity contribution in [2.24, 2.45) is 11.7 Å². The smallest absolute Gasteiger partial charge is 0.163 e. The van der Waals surface area contributed by atoms with E-state index in [-0.39, 0.29) is 0 Å². The first kappa shape index (κ1) is 14.1. The first-order valence-electron chi connectivity index (χ1n) is 5.90. The van der Waals surface area contributed by atoms with Crippen molar-refractivity contribution in [1.82, 2.24) is 4.90 Å². The number of hydrogen-bond donors (Lipinski definition) is 1. The molecule has 2 N–H and O–H groups in total. The molecular formula is C13H20F2N2. The lowest BCUT2D eigenvalue weighted by Crippen LogP contribution is -2.32. The van der Waals surface area contributed by atoms with Gasteiger partial charge in [0.2, 0.25) is 0 Å². The van der Waals surface area contributed by atoms with Crippen LogP contribution in [0.1, 0.15) is 19.4 Å². The van der Waals surface area contributed by atoms with Gasteiger partial charge in [-0.2, -0.15) is 0 Å². The van der Waals surface area contributed by atoms with Gasteiger partial charge in [0.1, 0.15) is 0 Å². The molecule has 0 fully saturated rings. The lowest BCUT2D eigenvalue weighted by atomic mass is 10.1. The van der Waals surface area contributed by atoms with Crippen molar-refractivity contribution in [2.45, 2.75) is 20.4 Å². The summed E-state index contributed by atoms with van der Waals surface area (Å²) < 4.78 is 26.6. The molecule has 1 aromatic rings. The van der Waals surface area contributed by atoms with Crippen molar-refractivity contribution in [3.63, 3.8) is 0 Å². The lowest BCUT2D eigenvalue weighted by molar-refractivity contribution is 0.238. The highest BCUT2D eigenvalue weighted by molar-refractivity contribution is 5.18. The Hall–Kier alpha value is -1.00. The van der Waals surface area contributed by atoms with E-state index in [0.717, 1.165) is 12.6 Å². The van der Waals surface area contributed by atoms with Gasteiger partial charge < -0.3 is 5.73 Å². The van der Waals surface area contributed by atoms with Crippen molar-refractivity contribution in [2.75, 3.05) is 19.6 Å². The second-order valence-corrected chi connectivity index (χ2v) is 4.63. The number of benzene rings is 1. The summed E-state index contributed by atoms with van der Waals surface area (Å²) in [7, 11) is 0. The Bertz CT molecular complexity index is 353. The van der Waals surface area contributed by atoms with Crippen LogP contribution in [0.25, 0.3) is 0 Å². The van der Waals surface area contributed by atoms with Crippen LogP contribution < -0.4 is 5.73 Å². The van der Waals surface area contributed by atoms with E-state index in [1.54, 1.807) is 6.07 Å². The molecule has 0 aromatic heterocycles. The Kier molecular flexibility index (Phi) is 5.51. The average molecular weight is 242 g/mol. The molecule has 96 valence electrons. The molecule has 17 heavy (non-hydrogen) atoms. The Morgan fingerprint density at radius 3 is 2.59 bits per heavy atom. The Labute approximate surface area is 101 Å². The largest absolute Gasteiger partial charge is 0.329 e. The van der Waals surface area contributed by atoms with Gasteiger partial charge in [0.15, 0.2) is 11.6 Å². The van der Waals surface area contributed by atoms with E-state index in [0.29, 0.717) is 31.1 Å². The maximum atomic E-state index is 13.5. The van der Waals surface area contributed by atoms with Gasteiger partial charge in [-0.25, -0.2) is 8.78 Å². The minimum atomic E-state index is -0.792. The van der Waals surface area contributed by atoms with Crippen LogP contribution in [0.5, 0.6) is 0 Å². The summed E-state index contributed by atoms with van der Waals surface area (Å²) in [6.07, 6.45) is 0. The molecule has 0 aliphatic heterocycles. The van der Waals surface area contributed by atoms with Crippen molar-refractivity contribution in [3.8, 4) is 0 Å². The molecule has 0 bridgehead atoms. The molecule has 1 aromatic carbocycles. The zero-order valence-corrected chi connectivity index (χ0v) is 10.4. The molecule has 0 radical (unpaired) electrons. The molecule has 1 rings (SSSR count). The van der Waals surface area contributed by atoms with E-state index in [4.69, 9.17) is 5.73 Å². The van der Waals surface area contributed by atoms with E-state index >= 15 is 0 Å². The second kappa shape index (κ2) is 6.67. The van der Waals surface area contributed by atoms with Crippen LogP contribution >= 0.6 is 0 Å². The molecule has 0 aliphatic carbocycles. The number of nitrogens with two attached hydrogens (primary N) is 1. The summed E-state index contributed by atoms with van der Waals surface area (Å²) in [6.45, 7) is 6.61. The van der Waals surface area contributed by atoms with Crippen molar-refractivity contribution in [3.05, 3.63) is 35.4 Å². The Morgan fingerprint density at radius 1 is 1.29 bits per heavy atom. The van der Waals surface area contributed by atoms with E-state index in [1.807, 2.05) is 4.90 Å². The quantitative estimate of drug-likeness (QED) is 0.830. The van der Waals surface area contributed by atoms with Gasteiger partial charge in [0, 0.05) is 31.7 Å². The molecule has 0 amide bonds. The highest BCUT2D eigenvalue weighted by atomic mass is 19.2.